The molecule has 1 heterocycles. The van der Waals surface area contributed by atoms with Crippen LogP contribution in [0.3, 0.4) is 0 Å². The molecular weight excluding hydrogens is 345 g/mol. The van der Waals surface area contributed by atoms with Crippen LogP contribution in [0.4, 0.5) is 4.39 Å². The molecule has 0 radical (unpaired) electrons. The molecule has 0 unspecified atom stereocenters. The van der Waals surface area contributed by atoms with Crippen molar-refractivity contribution < 1.29 is 19.0 Å². The Balaban J connectivity index is 2.04. The lowest BCUT2D eigenvalue weighted by atomic mass is 9.97. The molecule has 3 rings (SSSR count). The highest BCUT2D eigenvalue weighted by atomic mass is 19.1. The summed E-state index contributed by atoms with van der Waals surface area (Å²) in [6.07, 6.45) is 1.42. The number of halogens is 1. The minimum atomic E-state index is -1.12. The molecule has 0 saturated heterocycles. The number of rotatable bonds is 7. The molecule has 5 heteroatoms. The van der Waals surface area contributed by atoms with E-state index in [9.17, 15) is 14.3 Å². The van der Waals surface area contributed by atoms with Gasteiger partial charge in [0, 0.05) is 16.8 Å². The highest BCUT2D eigenvalue weighted by molar-refractivity contribution is 5.91. The van der Waals surface area contributed by atoms with Crippen molar-refractivity contribution in [2.75, 3.05) is 0 Å². The van der Waals surface area contributed by atoms with Crippen molar-refractivity contribution in [1.29, 1.82) is 0 Å². The number of ether oxygens (including phenoxy) is 1. The summed E-state index contributed by atoms with van der Waals surface area (Å²) < 4.78 is 20.0. The van der Waals surface area contributed by atoms with Gasteiger partial charge in [0.15, 0.2) is 0 Å². The van der Waals surface area contributed by atoms with Gasteiger partial charge in [0.1, 0.15) is 18.2 Å². The summed E-state index contributed by atoms with van der Waals surface area (Å²) in [6.45, 7) is 2.03. The van der Waals surface area contributed by atoms with Crippen LogP contribution in [-0.4, -0.2) is 16.1 Å². The molecule has 2 aromatic carbocycles. The van der Waals surface area contributed by atoms with Crippen molar-refractivity contribution in [2.45, 2.75) is 26.4 Å². The summed E-state index contributed by atoms with van der Waals surface area (Å²) in [6, 6.07) is 17.0. The SMILES string of the molecule is CCCc1nc(COc2ccccc2)c(C(=O)O)cc1-c1ccccc1F. The Labute approximate surface area is 157 Å². The maximum atomic E-state index is 14.3. The average Bonchev–Trinajstić information content (AvgIpc) is 2.68. The first-order valence-electron chi connectivity index (χ1n) is 8.79. The fraction of sp³-hybridized carbons (Fsp3) is 0.182. The third-order valence-corrected chi connectivity index (χ3v) is 4.18. The second kappa shape index (κ2) is 8.45. The first kappa shape index (κ1) is 18.6. The van der Waals surface area contributed by atoms with E-state index in [-0.39, 0.29) is 12.2 Å². The minimum absolute atomic E-state index is 0.0176. The maximum absolute atomic E-state index is 14.3. The smallest absolute Gasteiger partial charge is 0.337 e. The third kappa shape index (κ3) is 4.31. The Bertz CT molecular complexity index is 942. The molecule has 1 N–H and O–H groups in total. The molecule has 0 fully saturated rings. The predicted octanol–water partition coefficient (Wildman–Crippen LogP) is 5.12. The molecular formula is C22H20FNO3. The van der Waals surface area contributed by atoms with E-state index in [4.69, 9.17) is 4.74 Å². The quantitative estimate of drug-likeness (QED) is 0.631. The van der Waals surface area contributed by atoms with Crippen LogP contribution in [0.25, 0.3) is 11.1 Å². The number of aromatic carboxylic acids is 1. The zero-order valence-corrected chi connectivity index (χ0v) is 15.0. The molecule has 4 nitrogen and oxygen atoms in total. The number of aromatic nitrogens is 1. The van der Waals surface area contributed by atoms with Crippen LogP contribution >= 0.6 is 0 Å². The summed E-state index contributed by atoms with van der Waals surface area (Å²) in [7, 11) is 0. The Morgan fingerprint density at radius 1 is 1.04 bits per heavy atom. The molecule has 0 saturated carbocycles. The fourth-order valence-electron chi connectivity index (χ4n) is 2.90. The van der Waals surface area contributed by atoms with Gasteiger partial charge in [0.05, 0.1) is 11.3 Å². The van der Waals surface area contributed by atoms with Gasteiger partial charge in [-0.05, 0) is 30.7 Å². The van der Waals surface area contributed by atoms with E-state index in [1.165, 1.54) is 12.1 Å². The first-order valence-corrected chi connectivity index (χ1v) is 8.79. The van der Waals surface area contributed by atoms with Crippen LogP contribution in [-0.2, 0) is 13.0 Å². The monoisotopic (exact) mass is 365 g/mol. The van der Waals surface area contributed by atoms with Crippen molar-refractivity contribution in [3.63, 3.8) is 0 Å². The van der Waals surface area contributed by atoms with Gasteiger partial charge in [-0.3, -0.25) is 4.98 Å². The van der Waals surface area contributed by atoms with Crippen LogP contribution in [0.1, 0.15) is 35.1 Å². The zero-order valence-electron chi connectivity index (χ0n) is 15.0. The van der Waals surface area contributed by atoms with Crippen LogP contribution < -0.4 is 4.74 Å². The standard InChI is InChI=1S/C22H20FNO3/c1-2-8-20-17(16-11-6-7-12-19(16)23)13-18(22(25)26)21(24-20)14-27-15-9-4-3-5-10-15/h3-7,9-13H,2,8,14H2,1H3,(H,25,26). The number of hydrogen-bond acceptors (Lipinski definition) is 3. The molecule has 0 amide bonds. The number of carboxylic acid groups (broad SMARTS) is 1. The van der Waals surface area contributed by atoms with Crippen molar-refractivity contribution in [1.82, 2.24) is 4.98 Å². The Morgan fingerprint density at radius 2 is 1.74 bits per heavy atom. The lowest BCUT2D eigenvalue weighted by molar-refractivity contribution is 0.0693. The van der Waals surface area contributed by atoms with E-state index < -0.39 is 11.8 Å². The average molecular weight is 365 g/mol. The molecule has 0 aliphatic rings. The van der Waals surface area contributed by atoms with E-state index in [2.05, 4.69) is 4.98 Å². The number of para-hydroxylation sites is 1. The second-order valence-corrected chi connectivity index (χ2v) is 6.11. The molecule has 138 valence electrons. The maximum Gasteiger partial charge on any atom is 0.337 e. The van der Waals surface area contributed by atoms with E-state index >= 15 is 0 Å². The number of benzene rings is 2. The molecule has 0 aliphatic carbocycles. The highest BCUT2D eigenvalue weighted by Gasteiger charge is 2.19. The number of carboxylic acids is 1. The summed E-state index contributed by atoms with van der Waals surface area (Å²) in [5.41, 5.74) is 1.88. The van der Waals surface area contributed by atoms with Gasteiger partial charge in [-0.25, -0.2) is 9.18 Å². The van der Waals surface area contributed by atoms with E-state index in [0.29, 0.717) is 34.7 Å². The number of nitrogens with zero attached hydrogens (tertiary/aromatic N) is 1. The lowest BCUT2D eigenvalue weighted by Gasteiger charge is -2.15. The van der Waals surface area contributed by atoms with Crippen molar-refractivity contribution in [3.8, 4) is 16.9 Å². The van der Waals surface area contributed by atoms with Gasteiger partial charge in [0.2, 0.25) is 0 Å². The zero-order chi connectivity index (χ0) is 19.2. The Kier molecular flexibility index (Phi) is 5.81. The molecule has 27 heavy (non-hydrogen) atoms. The van der Waals surface area contributed by atoms with E-state index in [1.807, 2.05) is 25.1 Å². The van der Waals surface area contributed by atoms with E-state index in [0.717, 1.165) is 6.42 Å². The van der Waals surface area contributed by atoms with Crippen molar-refractivity contribution in [3.05, 3.63) is 83.4 Å². The van der Waals surface area contributed by atoms with Crippen LogP contribution in [0.15, 0.2) is 60.7 Å². The van der Waals surface area contributed by atoms with Gasteiger partial charge in [-0.15, -0.1) is 0 Å². The summed E-state index contributed by atoms with van der Waals surface area (Å²) in [5.74, 6) is -0.887. The van der Waals surface area contributed by atoms with Crippen molar-refractivity contribution >= 4 is 5.97 Å². The number of hydrogen-bond donors (Lipinski definition) is 1. The largest absolute Gasteiger partial charge is 0.487 e. The lowest BCUT2D eigenvalue weighted by Crippen LogP contribution is -2.11. The molecule has 0 aliphatic heterocycles. The van der Waals surface area contributed by atoms with Gasteiger partial charge in [0.25, 0.3) is 0 Å². The predicted molar refractivity (Wildman–Crippen MR) is 101 cm³/mol. The normalized spacial score (nSPS) is 10.6. The van der Waals surface area contributed by atoms with Crippen LogP contribution in [0.5, 0.6) is 5.75 Å². The number of pyridine rings is 1. The van der Waals surface area contributed by atoms with Gasteiger partial charge in [-0.1, -0.05) is 49.7 Å². The van der Waals surface area contributed by atoms with Crippen LogP contribution in [0.2, 0.25) is 0 Å². The highest BCUT2D eigenvalue weighted by Crippen LogP contribution is 2.29. The Morgan fingerprint density at radius 3 is 2.41 bits per heavy atom. The molecule has 0 spiro atoms. The third-order valence-electron chi connectivity index (χ3n) is 4.18. The molecule has 0 atom stereocenters. The minimum Gasteiger partial charge on any atom is -0.487 e. The van der Waals surface area contributed by atoms with Gasteiger partial charge < -0.3 is 9.84 Å². The number of aryl methyl sites for hydroxylation is 1. The Hall–Kier alpha value is -3.21. The van der Waals surface area contributed by atoms with Gasteiger partial charge >= 0.3 is 5.97 Å². The summed E-state index contributed by atoms with van der Waals surface area (Å²) in [4.78, 5) is 16.3. The molecule has 0 bridgehead atoms. The summed E-state index contributed by atoms with van der Waals surface area (Å²) >= 11 is 0. The molecule has 1 aromatic heterocycles. The van der Waals surface area contributed by atoms with E-state index in [1.54, 1.807) is 30.3 Å². The van der Waals surface area contributed by atoms with Crippen molar-refractivity contribution in [2.24, 2.45) is 0 Å². The second-order valence-electron chi connectivity index (χ2n) is 6.11. The molecule has 3 aromatic rings. The van der Waals surface area contributed by atoms with Gasteiger partial charge in [-0.2, -0.15) is 0 Å². The topological polar surface area (TPSA) is 59.4 Å². The summed E-state index contributed by atoms with van der Waals surface area (Å²) in [5, 5.41) is 9.63. The fourth-order valence-corrected chi connectivity index (χ4v) is 2.90. The number of carbonyl (C=O) groups is 1. The first-order chi connectivity index (χ1) is 13.1. The van der Waals surface area contributed by atoms with Crippen LogP contribution in [0, 0.1) is 5.82 Å².